The monoisotopic (exact) mass is 240 g/mol. The van der Waals surface area contributed by atoms with E-state index >= 15 is 0 Å². The molecule has 82 valence electrons. The van der Waals surface area contributed by atoms with Gasteiger partial charge in [-0.15, -0.1) is 11.3 Å². The molecule has 2 aromatic rings. The molecule has 0 aliphatic heterocycles. The van der Waals surface area contributed by atoms with Gasteiger partial charge in [0.15, 0.2) is 5.13 Å². The Labute approximate surface area is 103 Å². The van der Waals surface area contributed by atoms with Crippen LogP contribution in [0.5, 0.6) is 0 Å². The van der Waals surface area contributed by atoms with Gasteiger partial charge in [0.05, 0.1) is 11.1 Å². The first-order chi connectivity index (χ1) is 8.22. The van der Waals surface area contributed by atoms with Crippen molar-refractivity contribution in [2.24, 2.45) is 0 Å². The van der Waals surface area contributed by atoms with Crippen molar-refractivity contribution in [2.45, 2.75) is 6.42 Å². The average molecular weight is 240 g/mol. The van der Waals surface area contributed by atoms with Gasteiger partial charge in [0.25, 0.3) is 0 Å². The molecule has 1 heterocycles. The lowest BCUT2D eigenvalue weighted by atomic mass is 10.0. The lowest BCUT2D eigenvalue weighted by Gasteiger charge is -2.00. The highest BCUT2D eigenvalue weighted by atomic mass is 32.1. The van der Waals surface area contributed by atoms with Crippen molar-refractivity contribution in [2.75, 3.05) is 5.73 Å². The molecule has 1 aromatic carbocycles. The van der Waals surface area contributed by atoms with Crippen LogP contribution in [0.3, 0.4) is 0 Å². The Bertz CT molecular complexity index is 631. The summed E-state index contributed by atoms with van der Waals surface area (Å²) in [5.41, 5.74) is 7.33. The summed E-state index contributed by atoms with van der Waals surface area (Å²) in [5.74, 6) is 0. The number of benzene rings is 1. The Kier molecular flexibility index (Phi) is 3.04. The number of anilines is 1. The fourth-order valence-electron chi connectivity index (χ4n) is 1.50. The van der Waals surface area contributed by atoms with Crippen LogP contribution in [-0.2, 0) is 6.42 Å². The lowest BCUT2D eigenvalue weighted by molar-refractivity contribution is 1.21. The van der Waals surface area contributed by atoms with E-state index in [1.54, 1.807) is 18.3 Å². The fraction of sp³-hybridized carbons (Fsp3) is 0.0833. The van der Waals surface area contributed by atoms with E-state index in [2.05, 4.69) is 4.98 Å². The van der Waals surface area contributed by atoms with Crippen LogP contribution >= 0.6 is 11.3 Å². The van der Waals surface area contributed by atoms with Crippen LogP contribution in [0.15, 0.2) is 24.4 Å². The van der Waals surface area contributed by atoms with E-state index < -0.39 is 0 Å². The summed E-state index contributed by atoms with van der Waals surface area (Å²) in [6.45, 7) is 0. The highest BCUT2D eigenvalue weighted by molar-refractivity contribution is 7.15. The summed E-state index contributed by atoms with van der Waals surface area (Å²) in [6.07, 6.45) is 2.40. The molecule has 0 bridgehead atoms. The van der Waals surface area contributed by atoms with Gasteiger partial charge in [0, 0.05) is 17.5 Å². The van der Waals surface area contributed by atoms with Gasteiger partial charge in [-0.2, -0.15) is 10.5 Å². The predicted molar refractivity (Wildman–Crippen MR) is 65.2 cm³/mol. The maximum Gasteiger partial charge on any atom is 0.180 e. The minimum absolute atomic E-state index is 0.403. The topological polar surface area (TPSA) is 86.5 Å². The van der Waals surface area contributed by atoms with E-state index in [-0.39, 0.29) is 0 Å². The maximum absolute atomic E-state index is 8.91. The van der Waals surface area contributed by atoms with Crippen LogP contribution in [-0.4, -0.2) is 4.98 Å². The van der Waals surface area contributed by atoms with E-state index in [4.69, 9.17) is 16.3 Å². The second kappa shape index (κ2) is 4.65. The largest absolute Gasteiger partial charge is 0.375 e. The number of thiazole rings is 1. The molecule has 0 radical (unpaired) electrons. The summed E-state index contributed by atoms with van der Waals surface area (Å²) >= 11 is 1.42. The number of nitrogens with zero attached hydrogens (tertiary/aromatic N) is 3. The highest BCUT2D eigenvalue weighted by Gasteiger charge is 2.05. The molecule has 0 saturated heterocycles. The van der Waals surface area contributed by atoms with E-state index in [0.29, 0.717) is 22.7 Å². The van der Waals surface area contributed by atoms with Crippen LogP contribution in [0, 0.1) is 22.7 Å². The molecule has 2 N–H and O–H groups in total. The molecule has 5 heteroatoms. The quantitative estimate of drug-likeness (QED) is 0.870. The number of nitrogens with two attached hydrogens (primary N) is 1. The molecule has 4 nitrogen and oxygen atoms in total. The molecular weight excluding hydrogens is 232 g/mol. The third kappa shape index (κ3) is 2.41. The third-order valence-electron chi connectivity index (χ3n) is 2.27. The van der Waals surface area contributed by atoms with Gasteiger partial charge in [-0.05, 0) is 17.7 Å². The first-order valence-corrected chi connectivity index (χ1v) is 5.68. The van der Waals surface area contributed by atoms with Crippen molar-refractivity contribution >= 4 is 16.5 Å². The Morgan fingerprint density at radius 3 is 2.59 bits per heavy atom. The summed E-state index contributed by atoms with van der Waals surface area (Å²) in [4.78, 5) is 5.01. The molecule has 0 saturated carbocycles. The summed E-state index contributed by atoms with van der Waals surface area (Å²) < 4.78 is 0. The molecule has 2 rings (SSSR count). The zero-order chi connectivity index (χ0) is 12.3. The molecule has 0 aliphatic rings. The maximum atomic E-state index is 8.91. The van der Waals surface area contributed by atoms with E-state index in [1.807, 2.05) is 18.2 Å². The summed E-state index contributed by atoms with van der Waals surface area (Å²) in [5, 5.41) is 18.3. The van der Waals surface area contributed by atoms with Gasteiger partial charge < -0.3 is 5.73 Å². The molecule has 0 unspecified atom stereocenters. The van der Waals surface area contributed by atoms with Crippen LogP contribution in [0.4, 0.5) is 5.13 Å². The molecule has 0 atom stereocenters. The second-order valence-corrected chi connectivity index (χ2v) is 4.59. The lowest BCUT2D eigenvalue weighted by Crippen LogP contribution is -1.89. The number of hydrogen-bond acceptors (Lipinski definition) is 5. The Morgan fingerprint density at radius 2 is 2.00 bits per heavy atom. The van der Waals surface area contributed by atoms with E-state index in [0.717, 1.165) is 10.4 Å². The second-order valence-electron chi connectivity index (χ2n) is 3.45. The SMILES string of the molecule is N#Cc1ccc(Cc2cnc(N)s2)cc1C#N. The van der Waals surface area contributed by atoms with Crippen molar-refractivity contribution in [3.8, 4) is 12.1 Å². The van der Waals surface area contributed by atoms with Crippen LogP contribution in [0.2, 0.25) is 0 Å². The van der Waals surface area contributed by atoms with Gasteiger partial charge in [-0.1, -0.05) is 6.07 Å². The van der Waals surface area contributed by atoms with E-state index in [1.165, 1.54) is 11.3 Å². The van der Waals surface area contributed by atoms with Crippen molar-refractivity contribution in [3.63, 3.8) is 0 Å². The Morgan fingerprint density at radius 1 is 1.24 bits per heavy atom. The fourth-order valence-corrected chi connectivity index (χ4v) is 2.22. The van der Waals surface area contributed by atoms with Crippen molar-refractivity contribution < 1.29 is 0 Å². The van der Waals surface area contributed by atoms with Gasteiger partial charge in [-0.25, -0.2) is 4.98 Å². The minimum atomic E-state index is 0.403. The van der Waals surface area contributed by atoms with Crippen molar-refractivity contribution in [1.29, 1.82) is 10.5 Å². The predicted octanol–water partition coefficient (Wildman–Crippen LogP) is 2.06. The van der Waals surface area contributed by atoms with Crippen LogP contribution < -0.4 is 5.73 Å². The molecule has 0 aliphatic carbocycles. The standard InChI is InChI=1S/C12H8N4S/c13-5-9-2-1-8(3-10(9)6-14)4-11-7-16-12(15)17-11/h1-3,7H,4H2,(H2,15,16). The van der Waals surface area contributed by atoms with Crippen molar-refractivity contribution in [1.82, 2.24) is 4.98 Å². The minimum Gasteiger partial charge on any atom is -0.375 e. The smallest absolute Gasteiger partial charge is 0.180 e. The number of aromatic nitrogens is 1. The number of nitriles is 2. The zero-order valence-corrected chi connectivity index (χ0v) is 9.66. The van der Waals surface area contributed by atoms with Gasteiger partial charge >= 0.3 is 0 Å². The summed E-state index contributed by atoms with van der Waals surface area (Å²) in [7, 11) is 0. The third-order valence-corrected chi connectivity index (χ3v) is 3.10. The van der Waals surface area contributed by atoms with Crippen LogP contribution in [0.1, 0.15) is 21.6 Å². The molecule has 0 amide bonds. The molecule has 0 spiro atoms. The molecule has 0 fully saturated rings. The van der Waals surface area contributed by atoms with Gasteiger partial charge in [0.1, 0.15) is 12.1 Å². The first-order valence-electron chi connectivity index (χ1n) is 4.86. The number of rotatable bonds is 2. The molecule has 1 aromatic heterocycles. The first kappa shape index (κ1) is 11.1. The van der Waals surface area contributed by atoms with E-state index in [9.17, 15) is 0 Å². The van der Waals surface area contributed by atoms with Gasteiger partial charge in [0.2, 0.25) is 0 Å². The Balaban J connectivity index is 2.30. The molecule has 17 heavy (non-hydrogen) atoms. The highest BCUT2D eigenvalue weighted by Crippen LogP contribution is 2.20. The Hall–Kier alpha value is -2.37. The normalized spacial score (nSPS) is 9.53. The number of hydrogen-bond donors (Lipinski definition) is 1. The zero-order valence-electron chi connectivity index (χ0n) is 8.84. The average Bonchev–Trinajstić information content (AvgIpc) is 2.74. The van der Waals surface area contributed by atoms with Gasteiger partial charge in [-0.3, -0.25) is 0 Å². The summed E-state index contributed by atoms with van der Waals surface area (Å²) in [6, 6.07) is 9.25. The molecular formula is C12H8N4S. The van der Waals surface area contributed by atoms with Crippen LogP contribution in [0.25, 0.3) is 0 Å². The number of nitrogen functional groups attached to an aromatic ring is 1. The van der Waals surface area contributed by atoms with Crippen molar-refractivity contribution in [3.05, 3.63) is 46.0 Å².